The van der Waals surface area contributed by atoms with Crippen LogP contribution in [0.25, 0.3) is 0 Å². The monoisotopic (exact) mass is 165 g/mol. The second-order valence-corrected chi connectivity index (χ2v) is 2.56. The Labute approximate surface area is 71.9 Å². The minimum Gasteiger partial charge on any atom is -0.381 e. The third-order valence-corrected chi connectivity index (χ3v) is 1.64. The molecule has 1 aromatic rings. The third kappa shape index (κ3) is 2.38. The van der Waals surface area contributed by atoms with Crippen LogP contribution in [0.2, 0.25) is 0 Å². The molecule has 0 saturated carbocycles. The molecule has 0 aliphatic carbocycles. The lowest BCUT2D eigenvalue weighted by molar-refractivity contribution is 0.718. The first-order valence-electron chi connectivity index (χ1n) is 3.89. The van der Waals surface area contributed by atoms with Gasteiger partial charge in [-0.15, -0.1) is 0 Å². The molecule has 0 saturated heterocycles. The van der Waals surface area contributed by atoms with Crippen molar-refractivity contribution in [3.63, 3.8) is 0 Å². The Morgan fingerprint density at radius 1 is 1.42 bits per heavy atom. The van der Waals surface area contributed by atoms with E-state index in [1.165, 1.54) is 11.6 Å². The van der Waals surface area contributed by atoms with Crippen LogP contribution in [-0.2, 0) is 0 Å². The summed E-state index contributed by atoms with van der Waals surface area (Å²) in [5.41, 5.74) is 2.22. The van der Waals surface area contributed by atoms with Crippen molar-refractivity contribution < 1.29 is 4.39 Å². The highest BCUT2D eigenvalue weighted by Gasteiger charge is 1.91. The molecule has 2 heteroatoms. The number of nitrogens with one attached hydrogen (secondary N) is 1. The summed E-state index contributed by atoms with van der Waals surface area (Å²) in [5.74, 6) is 0. The van der Waals surface area contributed by atoms with E-state index in [0.29, 0.717) is 12.9 Å². The van der Waals surface area contributed by atoms with E-state index in [4.69, 9.17) is 0 Å². The second-order valence-electron chi connectivity index (χ2n) is 2.56. The van der Waals surface area contributed by atoms with Gasteiger partial charge in [-0.3, -0.25) is 0 Å². The highest BCUT2D eigenvalue weighted by atomic mass is 19.1. The number of hydrogen-bond donors (Lipinski definition) is 1. The van der Waals surface area contributed by atoms with Crippen molar-refractivity contribution >= 4 is 5.69 Å². The van der Waals surface area contributed by atoms with E-state index >= 15 is 0 Å². The molecule has 12 heavy (non-hydrogen) atoms. The van der Waals surface area contributed by atoms with Crippen molar-refractivity contribution in [2.75, 3.05) is 11.9 Å². The van der Waals surface area contributed by atoms with Gasteiger partial charge in [-0.25, -0.2) is 4.39 Å². The number of benzene rings is 1. The Morgan fingerprint density at radius 2 is 2.17 bits per heavy atom. The van der Waals surface area contributed by atoms with Gasteiger partial charge < -0.3 is 5.32 Å². The van der Waals surface area contributed by atoms with E-state index in [1.54, 1.807) is 0 Å². The molecule has 0 heterocycles. The van der Waals surface area contributed by atoms with Crippen LogP contribution in [0.5, 0.6) is 0 Å². The summed E-state index contributed by atoms with van der Waals surface area (Å²) in [6.07, 6.45) is 1.98. The van der Waals surface area contributed by atoms with Crippen LogP contribution >= 0.6 is 0 Å². The summed E-state index contributed by atoms with van der Waals surface area (Å²) in [6.45, 7) is 2.54. The van der Waals surface area contributed by atoms with Crippen LogP contribution in [-0.4, -0.2) is 6.54 Å². The number of hydrogen-bond acceptors (Lipinski definition) is 1. The van der Waals surface area contributed by atoms with Gasteiger partial charge in [-0.1, -0.05) is 18.2 Å². The normalized spacial score (nSPS) is 10.5. The van der Waals surface area contributed by atoms with Gasteiger partial charge in [0, 0.05) is 12.2 Å². The van der Waals surface area contributed by atoms with Crippen molar-refractivity contribution in [1.29, 1.82) is 0 Å². The molecule has 0 aromatic heterocycles. The minimum absolute atomic E-state index is 0.529. The maximum atomic E-state index is 11.6. The molecular formula is C10H12FN. The van der Waals surface area contributed by atoms with Gasteiger partial charge in [0.05, 0.1) is 6.33 Å². The Hall–Kier alpha value is -1.31. The number of rotatable bonds is 3. The average molecular weight is 165 g/mol. The fourth-order valence-corrected chi connectivity index (χ4v) is 0.985. The highest BCUT2D eigenvalue weighted by molar-refractivity contribution is 5.50. The van der Waals surface area contributed by atoms with Crippen molar-refractivity contribution in [1.82, 2.24) is 0 Å². The van der Waals surface area contributed by atoms with Crippen LogP contribution < -0.4 is 5.32 Å². The molecule has 0 fully saturated rings. The van der Waals surface area contributed by atoms with E-state index in [2.05, 4.69) is 5.32 Å². The molecule has 1 rings (SSSR count). The van der Waals surface area contributed by atoms with Gasteiger partial charge in [0.25, 0.3) is 0 Å². The predicted molar refractivity (Wildman–Crippen MR) is 49.9 cm³/mol. The van der Waals surface area contributed by atoms with Gasteiger partial charge in [0.15, 0.2) is 0 Å². The molecule has 0 bridgehead atoms. The summed E-state index contributed by atoms with van der Waals surface area (Å²) in [7, 11) is 0. The quantitative estimate of drug-likeness (QED) is 0.726. The fourth-order valence-electron chi connectivity index (χ4n) is 0.985. The van der Waals surface area contributed by atoms with Crippen molar-refractivity contribution in [2.24, 2.45) is 0 Å². The van der Waals surface area contributed by atoms with Gasteiger partial charge >= 0.3 is 0 Å². The number of para-hydroxylation sites is 1. The molecule has 0 radical (unpaired) electrons. The SMILES string of the molecule is Cc1ccccc1NCC=CF. The largest absolute Gasteiger partial charge is 0.381 e. The zero-order chi connectivity index (χ0) is 8.81. The standard InChI is InChI=1S/C10H12FN/c1-9-5-2-3-6-10(9)12-8-4-7-11/h2-7,12H,8H2,1H3. The van der Waals surface area contributed by atoms with Crippen LogP contribution in [0, 0.1) is 6.92 Å². The fraction of sp³-hybridized carbons (Fsp3) is 0.200. The Bertz CT molecular complexity index is 268. The molecule has 0 aliphatic rings. The minimum atomic E-state index is 0.529. The maximum absolute atomic E-state index is 11.6. The average Bonchev–Trinajstić information content (AvgIpc) is 2.09. The number of halogens is 1. The molecular weight excluding hydrogens is 153 g/mol. The Balaban J connectivity index is 2.57. The zero-order valence-corrected chi connectivity index (χ0v) is 7.05. The molecule has 0 unspecified atom stereocenters. The van der Waals surface area contributed by atoms with Crippen LogP contribution in [0.15, 0.2) is 36.7 Å². The summed E-state index contributed by atoms with van der Waals surface area (Å²) in [4.78, 5) is 0. The first-order chi connectivity index (χ1) is 5.84. The third-order valence-electron chi connectivity index (χ3n) is 1.64. The first kappa shape index (κ1) is 8.78. The lowest BCUT2D eigenvalue weighted by Crippen LogP contribution is -1.99. The molecule has 1 aromatic carbocycles. The van der Waals surface area contributed by atoms with Gasteiger partial charge in [-0.05, 0) is 24.6 Å². The van der Waals surface area contributed by atoms with Crippen molar-refractivity contribution in [3.05, 3.63) is 42.2 Å². The number of aryl methyl sites for hydroxylation is 1. The van der Waals surface area contributed by atoms with E-state index in [1.807, 2.05) is 31.2 Å². The van der Waals surface area contributed by atoms with Crippen molar-refractivity contribution in [2.45, 2.75) is 6.92 Å². The smallest absolute Gasteiger partial charge is 0.0844 e. The van der Waals surface area contributed by atoms with E-state index in [0.717, 1.165) is 5.69 Å². The van der Waals surface area contributed by atoms with Crippen LogP contribution in [0.3, 0.4) is 0 Å². The van der Waals surface area contributed by atoms with E-state index in [9.17, 15) is 4.39 Å². The molecule has 0 spiro atoms. The van der Waals surface area contributed by atoms with Crippen LogP contribution in [0.1, 0.15) is 5.56 Å². The second kappa shape index (κ2) is 4.54. The lowest BCUT2D eigenvalue weighted by atomic mass is 10.2. The molecule has 1 nitrogen and oxygen atoms in total. The number of anilines is 1. The molecule has 0 atom stereocenters. The summed E-state index contributed by atoms with van der Waals surface area (Å²) >= 11 is 0. The van der Waals surface area contributed by atoms with Crippen molar-refractivity contribution in [3.8, 4) is 0 Å². The summed E-state index contributed by atoms with van der Waals surface area (Å²) < 4.78 is 11.6. The zero-order valence-electron chi connectivity index (χ0n) is 7.05. The molecule has 64 valence electrons. The Morgan fingerprint density at radius 3 is 2.83 bits per heavy atom. The van der Waals surface area contributed by atoms with Crippen LogP contribution in [0.4, 0.5) is 10.1 Å². The Kier molecular flexibility index (Phi) is 3.33. The molecule has 1 N–H and O–H groups in total. The topological polar surface area (TPSA) is 12.0 Å². The van der Waals surface area contributed by atoms with E-state index in [-0.39, 0.29) is 0 Å². The maximum Gasteiger partial charge on any atom is 0.0844 e. The first-order valence-corrected chi connectivity index (χ1v) is 3.89. The summed E-state index contributed by atoms with van der Waals surface area (Å²) in [5, 5.41) is 3.09. The van der Waals surface area contributed by atoms with Gasteiger partial charge in [-0.2, -0.15) is 0 Å². The molecule has 0 amide bonds. The van der Waals surface area contributed by atoms with Gasteiger partial charge in [0.1, 0.15) is 0 Å². The lowest BCUT2D eigenvalue weighted by Gasteiger charge is -2.05. The highest BCUT2D eigenvalue weighted by Crippen LogP contribution is 2.12. The predicted octanol–water partition coefficient (Wildman–Crippen LogP) is 2.89. The van der Waals surface area contributed by atoms with Gasteiger partial charge in [0.2, 0.25) is 0 Å². The molecule has 0 aliphatic heterocycles. The summed E-state index contributed by atoms with van der Waals surface area (Å²) in [6, 6.07) is 7.92. The van der Waals surface area contributed by atoms with E-state index < -0.39 is 0 Å².